The maximum Gasteiger partial charge on any atom is 0.253 e. The highest BCUT2D eigenvalue weighted by atomic mass is 32.2. The van der Waals surface area contributed by atoms with Crippen LogP contribution in [0.15, 0.2) is 40.4 Å². The number of aromatic nitrogens is 2. The topological polar surface area (TPSA) is 84.3 Å². The number of rotatable bonds is 8. The van der Waals surface area contributed by atoms with Crippen LogP contribution in [0.1, 0.15) is 25.7 Å². The Balaban J connectivity index is 1.49. The molecule has 1 aliphatic heterocycles. The summed E-state index contributed by atoms with van der Waals surface area (Å²) in [5.41, 5.74) is 0. The summed E-state index contributed by atoms with van der Waals surface area (Å²) in [6, 6.07) is 2.70. The molecule has 0 spiro atoms. The van der Waals surface area contributed by atoms with E-state index in [1.807, 2.05) is 10.8 Å². The Morgan fingerprint density at radius 3 is 3.00 bits per heavy atom. The average Bonchev–Trinajstić information content (AvgIpc) is 3.35. The number of hydrogen-bond donors (Lipinski definition) is 1. The van der Waals surface area contributed by atoms with Crippen LogP contribution in [-0.2, 0) is 21.4 Å². The third kappa shape index (κ3) is 4.28. The number of aryl methyl sites for hydroxylation is 1. The molecule has 1 aliphatic rings. The Bertz CT molecular complexity index is 772. The van der Waals surface area contributed by atoms with Gasteiger partial charge in [-0.25, -0.2) is 13.4 Å². The Kier molecular flexibility index (Phi) is 5.87. The highest BCUT2D eigenvalue weighted by Gasteiger charge is 2.39. The average molecular weight is 383 g/mol. The molecule has 1 N–H and O–H groups in total. The van der Waals surface area contributed by atoms with Gasteiger partial charge in [0.15, 0.2) is 0 Å². The summed E-state index contributed by atoms with van der Waals surface area (Å²) >= 11 is 1.18. The number of unbranched alkanes of at least 4 members (excludes halogenated alkanes) is 1. The van der Waals surface area contributed by atoms with E-state index in [1.54, 1.807) is 30.0 Å². The van der Waals surface area contributed by atoms with Gasteiger partial charge in [0, 0.05) is 32.0 Å². The van der Waals surface area contributed by atoms with Crippen LogP contribution in [0.5, 0.6) is 0 Å². The molecule has 3 rings (SSSR count). The third-order valence-corrected chi connectivity index (χ3v) is 7.55. The molecule has 25 heavy (non-hydrogen) atoms. The fraction of sp³-hybridized carbons (Fsp3) is 0.500. The second kappa shape index (κ2) is 8.11. The standard InChI is InChI=1S/C16H22N4O3S2/c21-16(18-7-1-2-9-19-11-8-17-13-19)14-5-3-10-20(14)25(22,23)15-6-4-12-24-15/h4,6,8,11-14H,1-3,5,7,9-10H2,(H,18,21). The number of carbonyl (C=O) groups excluding carboxylic acids is 1. The van der Waals surface area contributed by atoms with Gasteiger partial charge >= 0.3 is 0 Å². The maximum absolute atomic E-state index is 12.7. The summed E-state index contributed by atoms with van der Waals surface area (Å²) in [6.07, 6.45) is 8.47. The number of thiophene rings is 1. The Labute approximate surface area is 151 Å². The van der Waals surface area contributed by atoms with Gasteiger partial charge in [-0.15, -0.1) is 11.3 Å². The number of sulfonamides is 1. The van der Waals surface area contributed by atoms with Gasteiger partial charge in [-0.1, -0.05) is 6.07 Å². The normalized spacial score (nSPS) is 18.5. The minimum atomic E-state index is -3.57. The molecule has 1 unspecified atom stereocenters. The zero-order valence-electron chi connectivity index (χ0n) is 13.9. The van der Waals surface area contributed by atoms with Gasteiger partial charge in [0.2, 0.25) is 5.91 Å². The highest BCUT2D eigenvalue weighted by Crippen LogP contribution is 2.28. The SMILES string of the molecule is O=C(NCCCCn1ccnc1)C1CCCN1S(=O)(=O)c1cccs1. The maximum atomic E-state index is 12.7. The van der Waals surface area contributed by atoms with Gasteiger partial charge in [0.05, 0.1) is 6.33 Å². The largest absolute Gasteiger partial charge is 0.355 e. The minimum Gasteiger partial charge on any atom is -0.355 e. The predicted molar refractivity (Wildman–Crippen MR) is 95.7 cm³/mol. The molecule has 0 saturated carbocycles. The second-order valence-corrected chi connectivity index (χ2v) is 9.07. The van der Waals surface area contributed by atoms with Crippen molar-refractivity contribution in [3.05, 3.63) is 36.2 Å². The molecule has 0 radical (unpaired) electrons. The molecular formula is C16H22N4O3S2. The first-order valence-corrected chi connectivity index (χ1v) is 10.7. The van der Waals surface area contributed by atoms with Crippen molar-refractivity contribution in [3.63, 3.8) is 0 Å². The van der Waals surface area contributed by atoms with Crippen molar-refractivity contribution >= 4 is 27.3 Å². The first-order valence-electron chi connectivity index (χ1n) is 8.38. The molecule has 1 fully saturated rings. The molecule has 1 amide bonds. The zero-order chi connectivity index (χ0) is 17.7. The summed E-state index contributed by atoms with van der Waals surface area (Å²) in [4.78, 5) is 16.4. The molecule has 7 nitrogen and oxygen atoms in total. The van der Waals surface area contributed by atoms with Gasteiger partial charge < -0.3 is 9.88 Å². The van der Waals surface area contributed by atoms with Crippen molar-refractivity contribution in [3.8, 4) is 0 Å². The van der Waals surface area contributed by atoms with Crippen LogP contribution < -0.4 is 5.32 Å². The van der Waals surface area contributed by atoms with E-state index in [4.69, 9.17) is 0 Å². The molecule has 1 atom stereocenters. The lowest BCUT2D eigenvalue weighted by molar-refractivity contribution is -0.124. The van der Waals surface area contributed by atoms with E-state index >= 15 is 0 Å². The molecular weight excluding hydrogens is 360 g/mol. The van der Waals surface area contributed by atoms with Gasteiger partial charge in [-0.2, -0.15) is 4.31 Å². The zero-order valence-corrected chi connectivity index (χ0v) is 15.5. The van der Waals surface area contributed by atoms with Crippen molar-refractivity contribution in [1.82, 2.24) is 19.2 Å². The fourth-order valence-electron chi connectivity index (χ4n) is 2.98. The summed E-state index contributed by atoms with van der Waals surface area (Å²) < 4.78 is 29.0. The lowest BCUT2D eigenvalue weighted by Gasteiger charge is -2.22. The van der Waals surface area contributed by atoms with Crippen molar-refractivity contribution in [2.45, 2.75) is 42.5 Å². The Morgan fingerprint density at radius 1 is 1.40 bits per heavy atom. The van der Waals surface area contributed by atoms with E-state index in [0.717, 1.165) is 19.4 Å². The van der Waals surface area contributed by atoms with E-state index < -0.39 is 16.1 Å². The molecule has 9 heteroatoms. The van der Waals surface area contributed by atoms with Crippen molar-refractivity contribution in [1.29, 1.82) is 0 Å². The lowest BCUT2D eigenvalue weighted by Crippen LogP contribution is -2.45. The lowest BCUT2D eigenvalue weighted by atomic mass is 10.2. The molecule has 0 aliphatic carbocycles. The Hall–Kier alpha value is -1.71. The smallest absolute Gasteiger partial charge is 0.253 e. The molecule has 0 bridgehead atoms. The molecule has 2 aromatic heterocycles. The van der Waals surface area contributed by atoms with Gasteiger partial charge in [0.25, 0.3) is 10.0 Å². The van der Waals surface area contributed by atoms with Crippen LogP contribution >= 0.6 is 11.3 Å². The minimum absolute atomic E-state index is 0.194. The quantitative estimate of drug-likeness (QED) is 0.704. The van der Waals surface area contributed by atoms with Gasteiger partial charge in [0.1, 0.15) is 10.3 Å². The summed E-state index contributed by atoms with van der Waals surface area (Å²) in [7, 11) is -3.57. The number of nitrogens with one attached hydrogen (secondary N) is 1. The van der Waals surface area contributed by atoms with Gasteiger partial charge in [-0.05, 0) is 37.1 Å². The molecule has 1 saturated heterocycles. The summed E-state index contributed by atoms with van der Waals surface area (Å²) in [6.45, 7) is 1.81. The number of amides is 1. The first kappa shape index (κ1) is 18.1. The number of imidazole rings is 1. The van der Waals surface area contributed by atoms with E-state index in [2.05, 4.69) is 10.3 Å². The van der Waals surface area contributed by atoms with Crippen LogP contribution in [-0.4, -0.2) is 47.3 Å². The monoisotopic (exact) mass is 382 g/mol. The van der Waals surface area contributed by atoms with Crippen LogP contribution in [0, 0.1) is 0 Å². The molecule has 2 aromatic rings. The van der Waals surface area contributed by atoms with Crippen LogP contribution in [0.4, 0.5) is 0 Å². The molecule has 3 heterocycles. The summed E-state index contributed by atoms with van der Waals surface area (Å²) in [5, 5.41) is 4.62. The van der Waals surface area contributed by atoms with Crippen LogP contribution in [0.2, 0.25) is 0 Å². The predicted octanol–water partition coefficient (Wildman–Crippen LogP) is 1.69. The number of nitrogens with zero attached hydrogens (tertiary/aromatic N) is 3. The molecule has 136 valence electrons. The Morgan fingerprint density at radius 2 is 2.28 bits per heavy atom. The van der Waals surface area contributed by atoms with E-state index in [0.29, 0.717) is 30.1 Å². The number of carbonyl (C=O) groups is 1. The van der Waals surface area contributed by atoms with Crippen LogP contribution in [0.25, 0.3) is 0 Å². The van der Waals surface area contributed by atoms with Crippen molar-refractivity contribution < 1.29 is 13.2 Å². The number of hydrogen-bond acceptors (Lipinski definition) is 5. The summed E-state index contributed by atoms with van der Waals surface area (Å²) in [5.74, 6) is -0.194. The second-order valence-electron chi connectivity index (χ2n) is 6.00. The fourth-order valence-corrected chi connectivity index (χ4v) is 5.76. The van der Waals surface area contributed by atoms with E-state index in [9.17, 15) is 13.2 Å². The molecule has 0 aromatic carbocycles. The highest BCUT2D eigenvalue weighted by molar-refractivity contribution is 7.91. The first-order chi connectivity index (χ1) is 12.1. The van der Waals surface area contributed by atoms with Gasteiger partial charge in [-0.3, -0.25) is 4.79 Å². The van der Waals surface area contributed by atoms with E-state index in [-0.39, 0.29) is 5.91 Å². The third-order valence-electron chi connectivity index (χ3n) is 4.27. The van der Waals surface area contributed by atoms with Crippen molar-refractivity contribution in [2.75, 3.05) is 13.1 Å². The van der Waals surface area contributed by atoms with E-state index in [1.165, 1.54) is 15.6 Å². The van der Waals surface area contributed by atoms with Crippen molar-refractivity contribution in [2.24, 2.45) is 0 Å². The van der Waals surface area contributed by atoms with Crippen LogP contribution in [0.3, 0.4) is 0 Å².